The molecule has 0 radical (unpaired) electrons. The van der Waals surface area contributed by atoms with Crippen LogP contribution < -0.4 is 10.6 Å². The van der Waals surface area contributed by atoms with Gasteiger partial charge in [-0.05, 0) is 52.0 Å². The van der Waals surface area contributed by atoms with Gasteiger partial charge in [0.05, 0.1) is 5.69 Å². The maximum absolute atomic E-state index is 12.3. The lowest BCUT2D eigenvalue weighted by Crippen LogP contribution is -2.42. The predicted octanol–water partition coefficient (Wildman–Crippen LogP) is 2.89. The van der Waals surface area contributed by atoms with Gasteiger partial charge < -0.3 is 15.4 Å². The number of anilines is 1. The highest BCUT2D eigenvalue weighted by Gasteiger charge is 2.24. The van der Waals surface area contributed by atoms with E-state index in [1.807, 2.05) is 13.0 Å². The standard InChI is InChI=1S/C22H24N2O5/c1-13-8-7-9-17(12-13)21(27)23-14(2)22(28)29-16(4)20(26)24-19-11-6-5-10-18(19)15(3)25/h5-12,14,16H,1-4H3,(H,23,27)(H,24,26)/t14-,16+/m0/s1. The zero-order valence-corrected chi connectivity index (χ0v) is 16.8. The van der Waals surface area contributed by atoms with E-state index in [1.165, 1.54) is 20.8 Å². The van der Waals surface area contributed by atoms with Crippen LogP contribution in [0.25, 0.3) is 0 Å². The molecule has 0 saturated heterocycles. The van der Waals surface area contributed by atoms with Gasteiger partial charge in [-0.2, -0.15) is 0 Å². The fourth-order valence-electron chi connectivity index (χ4n) is 2.59. The topological polar surface area (TPSA) is 102 Å². The van der Waals surface area contributed by atoms with Gasteiger partial charge in [0.25, 0.3) is 11.8 Å². The second-order valence-electron chi connectivity index (χ2n) is 6.73. The van der Waals surface area contributed by atoms with E-state index in [9.17, 15) is 19.2 Å². The molecular formula is C22H24N2O5. The SMILES string of the molecule is CC(=O)c1ccccc1NC(=O)[C@@H](C)OC(=O)[C@H](C)NC(=O)c1cccc(C)c1. The van der Waals surface area contributed by atoms with Crippen molar-refractivity contribution in [1.29, 1.82) is 0 Å². The minimum Gasteiger partial charge on any atom is -0.451 e. The minimum atomic E-state index is -1.11. The van der Waals surface area contributed by atoms with Gasteiger partial charge in [-0.15, -0.1) is 0 Å². The van der Waals surface area contributed by atoms with E-state index in [1.54, 1.807) is 42.5 Å². The third-order valence-corrected chi connectivity index (χ3v) is 4.21. The average molecular weight is 396 g/mol. The molecule has 0 aromatic heterocycles. The van der Waals surface area contributed by atoms with Crippen molar-refractivity contribution in [3.8, 4) is 0 Å². The lowest BCUT2D eigenvalue weighted by molar-refractivity contribution is -0.154. The number of hydrogen-bond acceptors (Lipinski definition) is 5. The van der Waals surface area contributed by atoms with Crippen molar-refractivity contribution in [2.75, 3.05) is 5.32 Å². The van der Waals surface area contributed by atoms with Gasteiger partial charge in [-0.3, -0.25) is 14.4 Å². The molecule has 2 N–H and O–H groups in total. The van der Waals surface area contributed by atoms with Crippen LogP contribution in [0, 0.1) is 6.92 Å². The summed E-state index contributed by atoms with van der Waals surface area (Å²) in [5.74, 6) is -1.93. The Kier molecular flexibility index (Phi) is 7.25. The number of ether oxygens (including phenoxy) is 1. The first-order valence-corrected chi connectivity index (χ1v) is 9.18. The van der Waals surface area contributed by atoms with E-state index < -0.39 is 29.9 Å². The Morgan fingerprint density at radius 3 is 2.31 bits per heavy atom. The van der Waals surface area contributed by atoms with Crippen molar-refractivity contribution in [1.82, 2.24) is 5.32 Å². The number of amides is 2. The summed E-state index contributed by atoms with van der Waals surface area (Å²) in [7, 11) is 0. The molecule has 2 amide bonds. The summed E-state index contributed by atoms with van der Waals surface area (Å²) in [4.78, 5) is 48.5. The minimum absolute atomic E-state index is 0.196. The molecule has 0 spiro atoms. The lowest BCUT2D eigenvalue weighted by Gasteiger charge is -2.18. The number of rotatable bonds is 7. The largest absolute Gasteiger partial charge is 0.451 e. The average Bonchev–Trinajstić information content (AvgIpc) is 2.67. The second kappa shape index (κ2) is 9.64. The van der Waals surface area contributed by atoms with Crippen LogP contribution in [0.5, 0.6) is 0 Å². The summed E-state index contributed by atoms with van der Waals surface area (Å²) >= 11 is 0. The van der Waals surface area contributed by atoms with Crippen molar-refractivity contribution < 1.29 is 23.9 Å². The molecule has 7 nitrogen and oxygen atoms in total. The molecule has 2 atom stereocenters. The van der Waals surface area contributed by atoms with Crippen LogP contribution in [0.2, 0.25) is 0 Å². The summed E-state index contributed by atoms with van der Waals surface area (Å²) in [6.45, 7) is 6.15. The highest BCUT2D eigenvalue weighted by Crippen LogP contribution is 2.16. The molecule has 0 heterocycles. The van der Waals surface area contributed by atoms with Crippen molar-refractivity contribution in [2.45, 2.75) is 39.8 Å². The molecule has 0 unspecified atom stereocenters. The molecule has 0 saturated carbocycles. The van der Waals surface area contributed by atoms with Gasteiger partial charge in [0.15, 0.2) is 11.9 Å². The molecule has 0 bridgehead atoms. The van der Waals surface area contributed by atoms with E-state index in [0.29, 0.717) is 16.8 Å². The van der Waals surface area contributed by atoms with E-state index in [-0.39, 0.29) is 5.78 Å². The molecule has 7 heteroatoms. The number of aryl methyl sites for hydroxylation is 1. The Hall–Kier alpha value is -3.48. The number of benzene rings is 2. The van der Waals surface area contributed by atoms with Crippen LogP contribution in [-0.4, -0.2) is 35.7 Å². The van der Waals surface area contributed by atoms with Crippen LogP contribution in [0.15, 0.2) is 48.5 Å². The first-order chi connectivity index (χ1) is 13.7. The number of carbonyl (C=O) groups excluding carboxylic acids is 4. The Balaban J connectivity index is 1.94. The number of carbonyl (C=O) groups is 4. The molecule has 2 rings (SSSR count). The number of esters is 1. The summed E-state index contributed by atoms with van der Waals surface area (Å²) < 4.78 is 5.16. The molecule has 0 aliphatic rings. The van der Waals surface area contributed by atoms with Gasteiger partial charge in [-0.1, -0.05) is 29.8 Å². The summed E-state index contributed by atoms with van der Waals surface area (Å²) in [5.41, 5.74) is 2.05. The monoisotopic (exact) mass is 396 g/mol. The molecular weight excluding hydrogens is 372 g/mol. The quantitative estimate of drug-likeness (QED) is 0.553. The zero-order chi connectivity index (χ0) is 21.6. The van der Waals surface area contributed by atoms with E-state index in [0.717, 1.165) is 5.56 Å². The third kappa shape index (κ3) is 6.00. The van der Waals surface area contributed by atoms with E-state index in [2.05, 4.69) is 10.6 Å². The van der Waals surface area contributed by atoms with Crippen LogP contribution in [-0.2, 0) is 14.3 Å². The molecule has 2 aromatic carbocycles. The fourth-order valence-corrected chi connectivity index (χ4v) is 2.59. The smallest absolute Gasteiger partial charge is 0.329 e. The van der Waals surface area contributed by atoms with Crippen LogP contribution >= 0.6 is 0 Å². The predicted molar refractivity (Wildman–Crippen MR) is 109 cm³/mol. The van der Waals surface area contributed by atoms with Crippen molar-refractivity contribution >= 4 is 29.3 Å². The number of para-hydroxylation sites is 1. The molecule has 0 aliphatic heterocycles. The maximum Gasteiger partial charge on any atom is 0.329 e. The first kappa shape index (κ1) is 21.8. The molecule has 2 aromatic rings. The normalized spacial score (nSPS) is 12.4. The third-order valence-electron chi connectivity index (χ3n) is 4.21. The number of nitrogens with one attached hydrogen (secondary N) is 2. The highest BCUT2D eigenvalue weighted by molar-refractivity contribution is 6.05. The molecule has 29 heavy (non-hydrogen) atoms. The van der Waals surface area contributed by atoms with E-state index in [4.69, 9.17) is 4.74 Å². The molecule has 0 aliphatic carbocycles. The maximum atomic E-state index is 12.3. The van der Waals surface area contributed by atoms with E-state index >= 15 is 0 Å². The van der Waals surface area contributed by atoms with Gasteiger partial charge in [0.1, 0.15) is 6.04 Å². The lowest BCUT2D eigenvalue weighted by atomic mass is 10.1. The fraction of sp³-hybridized carbons (Fsp3) is 0.273. The van der Waals surface area contributed by atoms with Crippen molar-refractivity contribution in [3.05, 3.63) is 65.2 Å². The zero-order valence-electron chi connectivity index (χ0n) is 16.8. The molecule has 152 valence electrons. The second-order valence-corrected chi connectivity index (χ2v) is 6.73. The molecule has 0 fully saturated rings. The number of hydrogen-bond donors (Lipinski definition) is 2. The Labute approximate surface area is 169 Å². The van der Waals surface area contributed by atoms with Crippen LogP contribution in [0.4, 0.5) is 5.69 Å². The summed E-state index contributed by atoms with van der Waals surface area (Å²) in [6, 6.07) is 12.6. The van der Waals surface area contributed by atoms with Gasteiger partial charge >= 0.3 is 5.97 Å². The Bertz CT molecular complexity index is 938. The van der Waals surface area contributed by atoms with Gasteiger partial charge in [0, 0.05) is 11.1 Å². The van der Waals surface area contributed by atoms with Crippen molar-refractivity contribution in [3.63, 3.8) is 0 Å². The first-order valence-electron chi connectivity index (χ1n) is 9.18. The van der Waals surface area contributed by atoms with Gasteiger partial charge in [-0.25, -0.2) is 4.79 Å². The number of Topliss-reactive ketones (excluding diaryl/α,β-unsaturated/α-hetero) is 1. The highest BCUT2D eigenvalue weighted by atomic mass is 16.5. The van der Waals surface area contributed by atoms with Gasteiger partial charge in [0.2, 0.25) is 0 Å². The number of ketones is 1. The van der Waals surface area contributed by atoms with Crippen molar-refractivity contribution in [2.24, 2.45) is 0 Å². The van der Waals surface area contributed by atoms with Crippen LogP contribution in [0.1, 0.15) is 47.1 Å². The van der Waals surface area contributed by atoms with Crippen LogP contribution in [0.3, 0.4) is 0 Å². The Morgan fingerprint density at radius 2 is 1.66 bits per heavy atom. The summed E-state index contributed by atoms with van der Waals surface area (Å²) in [5, 5.41) is 5.14. The Morgan fingerprint density at radius 1 is 0.966 bits per heavy atom. The summed E-state index contributed by atoms with van der Waals surface area (Å²) in [6.07, 6.45) is -1.11.